The number of alkyl halides is 1. The predicted octanol–water partition coefficient (Wildman–Crippen LogP) is 4.16. The Hall–Kier alpha value is -2.13. The molecule has 0 amide bonds. The Bertz CT molecular complexity index is 710. The molecule has 3 rings (SSSR count). The standard InChI is InChI=1S/C15H11ClN2O/c16-8-12-9-17-10-15(18-12)19-14-7-3-5-11-4-1-2-6-13(11)14/h1-7,9-10H,8H2. The fourth-order valence-corrected chi connectivity index (χ4v) is 2.03. The average Bonchev–Trinajstić information content (AvgIpc) is 2.48. The van der Waals surface area contributed by atoms with Crippen LogP contribution in [0.5, 0.6) is 11.6 Å². The van der Waals surface area contributed by atoms with E-state index in [9.17, 15) is 0 Å². The van der Waals surface area contributed by atoms with Crippen LogP contribution in [0.25, 0.3) is 10.8 Å². The number of ether oxygens (including phenoxy) is 1. The van der Waals surface area contributed by atoms with Gasteiger partial charge >= 0.3 is 0 Å². The zero-order valence-electron chi connectivity index (χ0n) is 10.1. The second-order valence-electron chi connectivity index (χ2n) is 4.06. The lowest BCUT2D eigenvalue weighted by atomic mass is 10.1. The first-order chi connectivity index (χ1) is 9.36. The first kappa shape index (κ1) is 11.9. The van der Waals surface area contributed by atoms with Crippen LogP contribution in [0.3, 0.4) is 0 Å². The van der Waals surface area contributed by atoms with Gasteiger partial charge in [0.1, 0.15) is 5.75 Å². The van der Waals surface area contributed by atoms with E-state index in [1.165, 1.54) is 0 Å². The lowest BCUT2D eigenvalue weighted by Gasteiger charge is -2.08. The van der Waals surface area contributed by atoms with Crippen molar-refractivity contribution in [1.29, 1.82) is 0 Å². The van der Waals surface area contributed by atoms with E-state index in [1.807, 2.05) is 42.5 Å². The van der Waals surface area contributed by atoms with Crippen molar-refractivity contribution in [3.63, 3.8) is 0 Å². The van der Waals surface area contributed by atoms with Crippen molar-refractivity contribution in [3.05, 3.63) is 60.6 Å². The van der Waals surface area contributed by atoms with E-state index in [0.29, 0.717) is 17.5 Å². The summed E-state index contributed by atoms with van der Waals surface area (Å²) in [4.78, 5) is 8.34. The van der Waals surface area contributed by atoms with Gasteiger partial charge < -0.3 is 4.74 Å². The highest BCUT2D eigenvalue weighted by Gasteiger charge is 2.04. The largest absolute Gasteiger partial charge is 0.437 e. The van der Waals surface area contributed by atoms with Gasteiger partial charge in [-0.1, -0.05) is 36.4 Å². The monoisotopic (exact) mass is 270 g/mol. The summed E-state index contributed by atoms with van der Waals surface area (Å²) in [7, 11) is 0. The van der Waals surface area contributed by atoms with Gasteiger partial charge in [0.25, 0.3) is 0 Å². The van der Waals surface area contributed by atoms with E-state index in [1.54, 1.807) is 12.4 Å². The summed E-state index contributed by atoms with van der Waals surface area (Å²) in [6, 6.07) is 14.0. The van der Waals surface area contributed by atoms with E-state index >= 15 is 0 Å². The molecule has 0 aliphatic carbocycles. The number of fused-ring (bicyclic) bond motifs is 1. The zero-order valence-corrected chi connectivity index (χ0v) is 10.8. The van der Waals surface area contributed by atoms with Crippen molar-refractivity contribution >= 4 is 22.4 Å². The molecule has 0 aliphatic heterocycles. The highest BCUT2D eigenvalue weighted by Crippen LogP contribution is 2.28. The first-order valence-electron chi connectivity index (χ1n) is 5.89. The number of rotatable bonds is 3. The molecule has 0 fully saturated rings. The summed E-state index contributed by atoms with van der Waals surface area (Å²) >= 11 is 5.74. The zero-order chi connectivity index (χ0) is 13.1. The molecule has 0 aliphatic rings. The van der Waals surface area contributed by atoms with Crippen LogP contribution in [0, 0.1) is 0 Å². The average molecular weight is 271 g/mol. The second-order valence-corrected chi connectivity index (χ2v) is 4.33. The van der Waals surface area contributed by atoms with Crippen molar-refractivity contribution in [3.8, 4) is 11.6 Å². The van der Waals surface area contributed by atoms with Crippen molar-refractivity contribution in [2.45, 2.75) is 5.88 Å². The minimum absolute atomic E-state index is 0.319. The Kier molecular flexibility index (Phi) is 3.29. The molecule has 3 aromatic rings. The van der Waals surface area contributed by atoms with E-state index in [2.05, 4.69) is 9.97 Å². The Morgan fingerprint density at radius 1 is 1.00 bits per heavy atom. The lowest BCUT2D eigenvalue weighted by Crippen LogP contribution is -1.93. The molecule has 94 valence electrons. The van der Waals surface area contributed by atoms with Gasteiger partial charge in [0.05, 0.1) is 17.8 Å². The Labute approximate surface area is 115 Å². The highest BCUT2D eigenvalue weighted by molar-refractivity contribution is 6.16. The van der Waals surface area contributed by atoms with Gasteiger partial charge in [0.2, 0.25) is 5.88 Å². The summed E-state index contributed by atoms with van der Waals surface area (Å²) in [5, 5.41) is 2.17. The van der Waals surface area contributed by atoms with E-state index in [0.717, 1.165) is 16.5 Å². The molecule has 0 saturated carbocycles. The quantitative estimate of drug-likeness (QED) is 0.670. The third kappa shape index (κ3) is 2.51. The maximum absolute atomic E-state index is 5.80. The first-order valence-corrected chi connectivity index (χ1v) is 6.43. The molecule has 0 radical (unpaired) electrons. The van der Waals surface area contributed by atoms with Gasteiger partial charge in [-0.25, -0.2) is 4.98 Å². The van der Waals surface area contributed by atoms with Crippen LogP contribution < -0.4 is 4.74 Å². The van der Waals surface area contributed by atoms with E-state index < -0.39 is 0 Å². The molecule has 0 bridgehead atoms. The van der Waals surface area contributed by atoms with Crippen LogP contribution in [0.4, 0.5) is 0 Å². The summed E-state index contributed by atoms with van der Waals surface area (Å²) in [6.45, 7) is 0. The van der Waals surface area contributed by atoms with Crippen molar-refractivity contribution < 1.29 is 4.74 Å². The van der Waals surface area contributed by atoms with Gasteiger partial charge in [-0.3, -0.25) is 4.98 Å². The van der Waals surface area contributed by atoms with Gasteiger partial charge in [-0.05, 0) is 11.5 Å². The number of benzene rings is 2. The third-order valence-electron chi connectivity index (χ3n) is 2.76. The SMILES string of the molecule is ClCc1cncc(Oc2cccc3ccccc23)n1. The lowest BCUT2D eigenvalue weighted by molar-refractivity contribution is 0.463. The van der Waals surface area contributed by atoms with Gasteiger partial charge in [0, 0.05) is 11.6 Å². The summed E-state index contributed by atoms with van der Waals surface area (Å²) < 4.78 is 5.80. The van der Waals surface area contributed by atoms with E-state index in [-0.39, 0.29) is 0 Å². The maximum atomic E-state index is 5.80. The number of hydrogen-bond donors (Lipinski definition) is 0. The minimum atomic E-state index is 0.319. The predicted molar refractivity (Wildman–Crippen MR) is 75.6 cm³/mol. The molecule has 3 nitrogen and oxygen atoms in total. The smallest absolute Gasteiger partial charge is 0.238 e. The highest BCUT2D eigenvalue weighted by atomic mass is 35.5. The second kappa shape index (κ2) is 5.24. The van der Waals surface area contributed by atoms with Crippen LogP contribution in [0.15, 0.2) is 54.9 Å². The summed E-state index contributed by atoms with van der Waals surface area (Å²) in [5.41, 5.74) is 0.694. The molecule has 0 saturated heterocycles. The Balaban J connectivity index is 2.01. The Morgan fingerprint density at radius 2 is 1.84 bits per heavy atom. The Morgan fingerprint density at radius 3 is 2.74 bits per heavy atom. The van der Waals surface area contributed by atoms with Crippen molar-refractivity contribution in [1.82, 2.24) is 9.97 Å². The molecule has 0 N–H and O–H groups in total. The van der Waals surface area contributed by atoms with Crippen LogP contribution in [-0.4, -0.2) is 9.97 Å². The topological polar surface area (TPSA) is 35.0 Å². The fourth-order valence-electron chi connectivity index (χ4n) is 1.90. The molecular formula is C15H11ClN2O. The van der Waals surface area contributed by atoms with Gasteiger partial charge in [-0.2, -0.15) is 0 Å². The summed E-state index contributed by atoms with van der Waals surface area (Å²) in [6.07, 6.45) is 3.21. The van der Waals surface area contributed by atoms with Gasteiger partial charge in [0.15, 0.2) is 0 Å². The van der Waals surface area contributed by atoms with Crippen molar-refractivity contribution in [2.24, 2.45) is 0 Å². The molecule has 19 heavy (non-hydrogen) atoms. The number of halogens is 1. The maximum Gasteiger partial charge on any atom is 0.238 e. The van der Waals surface area contributed by atoms with Crippen LogP contribution >= 0.6 is 11.6 Å². The number of aromatic nitrogens is 2. The fraction of sp³-hybridized carbons (Fsp3) is 0.0667. The number of nitrogens with zero attached hydrogens (tertiary/aromatic N) is 2. The van der Waals surface area contributed by atoms with Crippen molar-refractivity contribution in [2.75, 3.05) is 0 Å². The molecule has 0 spiro atoms. The van der Waals surface area contributed by atoms with Crippen LogP contribution in [0.2, 0.25) is 0 Å². The molecule has 1 aromatic heterocycles. The van der Waals surface area contributed by atoms with Crippen LogP contribution in [0.1, 0.15) is 5.69 Å². The number of hydrogen-bond acceptors (Lipinski definition) is 3. The minimum Gasteiger partial charge on any atom is -0.437 e. The molecular weight excluding hydrogens is 260 g/mol. The molecule has 4 heteroatoms. The van der Waals surface area contributed by atoms with E-state index in [4.69, 9.17) is 16.3 Å². The molecule has 2 aromatic carbocycles. The molecule has 1 heterocycles. The molecule has 0 unspecified atom stereocenters. The molecule has 0 atom stereocenters. The normalized spacial score (nSPS) is 10.6. The van der Waals surface area contributed by atoms with Gasteiger partial charge in [-0.15, -0.1) is 11.6 Å². The summed E-state index contributed by atoms with van der Waals surface area (Å²) in [5.74, 6) is 1.54. The van der Waals surface area contributed by atoms with Crippen LogP contribution in [-0.2, 0) is 5.88 Å². The third-order valence-corrected chi connectivity index (χ3v) is 3.04.